The number of rotatable bonds is 7. The quantitative estimate of drug-likeness (QED) is 0.526. The molecule has 0 saturated heterocycles. The van der Waals surface area contributed by atoms with Gasteiger partial charge in [0.25, 0.3) is 0 Å². The molecule has 1 rings (SSSR count). The number of guanidine groups is 1. The molecule has 2 atom stereocenters. The van der Waals surface area contributed by atoms with Crippen molar-refractivity contribution in [3.8, 4) is 0 Å². The van der Waals surface area contributed by atoms with E-state index in [0.717, 1.165) is 5.69 Å². The summed E-state index contributed by atoms with van der Waals surface area (Å²) < 4.78 is 32.1. The highest BCUT2D eigenvalue weighted by Gasteiger charge is 2.20. The fourth-order valence-corrected chi connectivity index (χ4v) is 1.67. The first kappa shape index (κ1) is 19.8. The minimum absolute atomic E-state index is 0.0388. The first-order valence-corrected chi connectivity index (χ1v) is 7.79. The molecule has 3 N–H and O–H groups in total. The van der Waals surface area contributed by atoms with Crippen LogP contribution in [0.15, 0.2) is 40.3 Å². The Bertz CT molecular complexity index is 524. The third-order valence-electron chi connectivity index (χ3n) is 3.01. The Morgan fingerprint density at radius 2 is 1.88 bits per heavy atom. The minimum atomic E-state index is -1.72. The van der Waals surface area contributed by atoms with E-state index in [1.807, 2.05) is 30.3 Å². The van der Waals surface area contributed by atoms with E-state index in [1.165, 1.54) is 0 Å². The number of anilines is 1. The number of halogens is 2. The topological polar surface area (TPSA) is 70.0 Å². The van der Waals surface area contributed by atoms with Crippen LogP contribution in [0.25, 0.3) is 0 Å². The Balaban J connectivity index is 2.77. The molecule has 134 valence electrons. The molecular weight excluding hydrogens is 316 g/mol. The summed E-state index contributed by atoms with van der Waals surface area (Å²) in [6.45, 7) is 1.38. The zero-order valence-corrected chi connectivity index (χ0v) is 14.2. The minimum Gasteiger partial charge on any atom is -0.460 e. The molecule has 2 unspecified atom stereocenters. The monoisotopic (exact) mass is 341 g/mol. The van der Waals surface area contributed by atoms with Gasteiger partial charge in [0.1, 0.15) is 12.8 Å². The van der Waals surface area contributed by atoms with Gasteiger partial charge < -0.3 is 20.7 Å². The third kappa shape index (κ3) is 7.36. The van der Waals surface area contributed by atoms with Crippen LogP contribution >= 0.6 is 0 Å². The van der Waals surface area contributed by atoms with E-state index in [2.05, 4.69) is 25.9 Å². The lowest BCUT2D eigenvalue weighted by Crippen LogP contribution is -2.30. The fourth-order valence-electron chi connectivity index (χ4n) is 1.67. The van der Waals surface area contributed by atoms with Gasteiger partial charge >= 0.3 is 6.02 Å². The van der Waals surface area contributed by atoms with Gasteiger partial charge in [0.2, 0.25) is 5.96 Å². The van der Waals surface area contributed by atoms with Crippen LogP contribution in [0.2, 0.25) is 0 Å². The number of nitrogens with zero attached hydrogens (tertiary/aromatic N) is 2. The lowest BCUT2D eigenvalue weighted by Gasteiger charge is -2.14. The van der Waals surface area contributed by atoms with Crippen molar-refractivity contribution in [1.29, 1.82) is 0 Å². The van der Waals surface area contributed by atoms with Crippen molar-refractivity contribution >= 4 is 17.7 Å². The van der Waals surface area contributed by atoms with E-state index in [9.17, 15) is 8.78 Å². The lowest BCUT2D eigenvalue weighted by atomic mass is 10.2. The van der Waals surface area contributed by atoms with Gasteiger partial charge in [0.15, 0.2) is 6.17 Å². The van der Waals surface area contributed by atoms with Crippen LogP contribution in [0.4, 0.5) is 14.5 Å². The highest BCUT2D eigenvalue weighted by Crippen LogP contribution is 2.09. The van der Waals surface area contributed by atoms with Gasteiger partial charge in [0, 0.05) is 12.7 Å². The molecule has 0 fully saturated rings. The number of alkyl halides is 2. The van der Waals surface area contributed by atoms with E-state index in [4.69, 9.17) is 4.74 Å². The maximum atomic E-state index is 13.6. The van der Waals surface area contributed by atoms with Crippen LogP contribution in [-0.4, -0.2) is 51.7 Å². The van der Waals surface area contributed by atoms with Crippen molar-refractivity contribution in [3.05, 3.63) is 30.3 Å². The molecule has 0 aliphatic carbocycles. The van der Waals surface area contributed by atoms with Crippen LogP contribution in [0, 0.1) is 0 Å². The Kier molecular flexibility index (Phi) is 9.36. The third-order valence-corrected chi connectivity index (χ3v) is 3.01. The molecule has 1 aromatic rings. The summed E-state index contributed by atoms with van der Waals surface area (Å²) in [6.07, 6.45) is -3.19. The van der Waals surface area contributed by atoms with Crippen molar-refractivity contribution in [2.75, 3.05) is 32.7 Å². The molecule has 6 nitrogen and oxygen atoms in total. The highest BCUT2D eigenvalue weighted by molar-refractivity contribution is 6.00. The zero-order valence-electron chi connectivity index (χ0n) is 14.2. The number of aliphatic imine (C=N–C) groups is 2. The largest absolute Gasteiger partial charge is 0.460 e. The zero-order chi connectivity index (χ0) is 17.8. The summed E-state index contributed by atoms with van der Waals surface area (Å²) in [5.74, 6) is 0.374. The molecule has 0 spiro atoms. The van der Waals surface area contributed by atoms with Gasteiger partial charge in [-0.3, -0.25) is 0 Å². The maximum absolute atomic E-state index is 13.6. The summed E-state index contributed by atoms with van der Waals surface area (Å²) >= 11 is 0. The second-order valence-corrected chi connectivity index (χ2v) is 4.91. The van der Waals surface area contributed by atoms with E-state index >= 15 is 0 Å². The number of ether oxygens (including phenoxy) is 1. The molecular formula is C16H25F2N5O. The van der Waals surface area contributed by atoms with Crippen LogP contribution in [-0.2, 0) is 4.74 Å². The van der Waals surface area contributed by atoms with Gasteiger partial charge in [-0.05, 0) is 25.6 Å². The van der Waals surface area contributed by atoms with Crippen molar-refractivity contribution in [1.82, 2.24) is 10.6 Å². The standard InChI is InChI=1S/C16H25F2N5O/c1-4-13(17)14(18)10-24-16(21-11-19-2)23-15(20-3)22-12-8-6-5-7-9-12/h5-9,13-14,19H,4,10-11H2,1-3H3,(H2,20,21,22,23). The first-order valence-electron chi connectivity index (χ1n) is 7.79. The molecule has 24 heavy (non-hydrogen) atoms. The normalized spacial score (nSPS) is 14.9. The molecule has 1 aromatic carbocycles. The Morgan fingerprint density at radius 1 is 1.17 bits per heavy atom. The number of amidine groups is 1. The van der Waals surface area contributed by atoms with Crippen LogP contribution in [0.5, 0.6) is 0 Å². The van der Waals surface area contributed by atoms with E-state index in [1.54, 1.807) is 21.0 Å². The predicted octanol–water partition coefficient (Wildman–Crippen LogP) is 2.31. The Morgan fingerprint density at radius 3 is 2.46 bits per heavy atom. The smallest absolute Gasteiger partial charge is 0.316 e. The number of benzene rings is 1. The Hall–Kier alpha value is -2.22. The van der Waals surface area contributed by atoms with Gasteiger partial charge in [-0.2, -0.15) is 4.99 Å². The Labute approximate surface area is 141 Å². The van der Waals surface area contributed by atoms with Gasteiger partial charge in [-0.15, -0.1) is 0 Å². The van der Waals surface area contributed by atoms with E-state index in [-0.39, 0.29) is 19.1 Å². The van der Waals surface area contributed by atoms with Crippen molar-refractivity contribution in [3.63, 3.8) is 0 Å². The molecule has 0 aliphatic heterocycles. The number of hydrogen-bond donors (Lipinski definition) is 3. The first-order chi connectivity index (χ1) is 11.6. The van der Waals surface area contributed by atoms with Gasteiger partial charge in [0.05, 0.1) is 6.67 Å². The number of nitrogens with one attached hydrogen (secondary N) is 3. The maximum Gasteiger partial charge on any atom is 0.316 e. The summed E-state index contributed by atoms with van der Waals surface area (Å²) in [5.41, 5.74) is 0.816. The summed E-state index contributed by atoms with van der Waals surface area (Å²) in [6, 6.07) is 9.34. The SMILES string of the molecule is CCC(F)C(F)COC(/N=C(\NC)Nc1ccccc1)=N/CNC. The van der Waals surface area contributed by atoms with Crippen molar-refractivity contribution < 1.29 is 13.5 Å². The van der Waals surface area contributed by atoms with Gasteiger partial charge in [-0.25, -0.2) is 13.8 Å². The van der Waals surface area contributed by atoms with Gasteiger partial charge in [-0.1, -0.05) is 25.1 Å². The van der Waals surface area contributed by atoms with Crippen LogP contribution in [0.1, 0.15) is 13.3 Å². The number of hydrogen-bond acceptors (Lipinski definition) is 3. The van der Waals surface area contributed by atoms with Crippen molar-refractivity contribution in [2.24, 2.45) is 9.98 Å². The molecule has 0 aromatic heterocycles. The molecule has 0 heterocycles. The average molecular weight is 341 g/mol. The second-order valence-electron chi connectivity index (χ2n) is 4.91. The molecule has 0 bridgehead atoms. The highest BCUT2D eigenvalue weighted by atomic mass is 19.2. The molecule has 0 radical (unpaired) electrons. The average Bonchev–Trinajstić information content (AvgIpc) is 2.62. The molecule has 0 saturated carbocycles. The predicted molar refractivity (Wildman–Crippen MR) is 94.0 cm³/mol. The van der Waals surface area contributed by atoms with Crippen molar-refractivity contribution in [2.45, 2.75) is 25.7 Å². The second kappa shape index (κ2) is 11.3. The van der Waals surface area contributed by atoms with E-state index in [0.29, 0.717) is 5.96 Å². The molecule has 0 aliphatic rings. The van der Waals surface area contributed by atoms with Crippen LogP contribution < -0.4 is 16.0 Å². The summed E-state index contributed by atoms with van der Waals surface area (Å²) in [5, 5.41) is 8.73. The number of para-hydroxylation sites is 1. The molecule has 0 amide bonds. The fraction of sp³-hybridized carbons (Fsp3) is 0.500. The van der Waals surface area contributed by atoms with Crippen LogP contribution in [0.3, 0.4) is 0 Å². The lowest BCUT2D eigenvalue weighted by molar-refractivity contribution is 0.100. The summed E-state index contributed by atoms with van der Waals surface area (Å²) in [7, 11) is 3.38. The molecule has 8 heteroatoms. The summed E-state index contributed by atoms with van der Waals surface area (Å²) in [4.78, 5) is 8.23. The van der Waals surface area contributed by atoms with E-state index < -0.39 is 19.0 Å².